The third-order valence-corrected chi connectivity index (χ3v) is 8.46. The molecule has 2 heterocycles. The second kappa shape index (κ2) is 6.58. The van der Waals surface area contributed by atoms with Crippen molar-refractivity contribution in [3.8, 4) is 0 Å². The number of anilines is 1. The van der Waals surface area contributed by atoms with Crippen LogP contribution in [0.2, 0.25) is 0 Å². The van der Waals surface area contributed by atoms with Crippen molar-refractivity contribution in [2.24, 2.45) is 29.6 Å². The molecule has 0 radical (unpaired) electrons. The van der Waals surface area contributed by atoms with Gasteiger partial charge in [0.2, 0.25) is 17.8 Å². The Morgan fingerprint density at radius 3 is 2.38 bits per heavy atom. The molecule has 1 aromatic heterocycles. The normalized spacial score (nSPS) is 38.3. The van der Waals surface area contributed by atoms with Gasteiger partial charge in [0, 0.05) is 30.1 Å². The largest absolute Gasteiger partial charge is 0.342 e. The van der Waals surface area contributed by atoms with Gasteiger partial charge in [-0.15, -0.1) is 0 Å². The van der Waals surface area contributed by atoms with E-state index in [2.05, 4.69) is 15.3 Å². The van der Waals surface area contributed by atoms with Crippen molar-refractivity contribution in [3.63, 3.8) is 0 Å². The van der Waals surface area contributed by atoms with Crippen LogP contribution in [0.5, 0.6) is 0 Å². The van der Waals surface area contributed by atoms with Gasteiger partial charge in [-0.1, -0.05) is 0 Å². The molecule has 29 heavy (non-hydrogen) atoms. The van der Waals surface area contributed by atoms with Crippen molar-refractivity contribution in [1.29, 1.82) is 0 Å². The third kappa shape index (κ3) is 3.19. The first-order valence-electron chi connectivity index (χ1n) is 11.7. The summed E-state index contributed by atoms with van der Waals surface area (Å²) < 4.78 is 0. The maximum Gasteiger partial charge on any atom is 0.231 e. The van der Waals surface area contributed by atoms with Crippen LogP contribution >= 0.6 is 0 Å². The fourth-order valence-corrected chi connectivity index (χ4v) is 7.29. The van der Waals surface area contributed by atoms with Gasteiger partial charge >= 0.3 is 0 Å². The van der Waals surface area contributed by atoms with E-state index >= 15 is 0 Å². The van der Waals surface area contributed by atoms with Crippen molar-refractivity contribution < 1.29 is 9.59 Å². The number of carbonyl (C=O) groups excluding carboxylic acids is 2. The van der Waals surface area contributed by atoms with Crippen LogP contribution in [0.3, 0.4) is 0 Å². The molecule has 6 nitrogen and oxygen atoms in total. The van der Waals surface area contributed by atoms with E-state index in [1.54, 1.807) is 0 Å². The number of aromatic nitrogens is 2. The Labute approximate surface area is 172 Å². The maximum absolute atomic E-state index is 12.9. The molecule has 2 N–H and O–H groups in total. The topological polar surface area (TPSA) is 78.1 Å². The number of likely N-dealkylation sites (tertiary alicyclic amines) is 1. The molecule has 4 bridgehead atoms. The standard InChI is InChI=1S/C23H32N4O2/c28-20(18-2-1-5-27(13-18)21(29)17-3-4-17)26-22-24-12-19(25-22)23-9-14-6-15(10-23)8-16(7-14)11-23/h12,14-18H,1-11,13H2,(H2,24,25,26,28). The highest BCUT2D eigenvalue weighted by atomic mass is 16.2. The van der Waals surface area contributed by atoms with Gasteiger partial charge in [-0.05, 0) is 82.0 Å². The summed E-state index contributed by atoms with van der Waals surface area (Å²) in [5.74, 6) is 3.62. The lowest BCUT2D eigenvalue weighted by Crippen LogP contribution is -2.48. The first-order chi connectivity index (χ1) is 14.1. The summed E-state index contributed by atoms with van der Waals surface area (Å²) in [7, 11) is 0. The number of imidazole rings is 1. The molecular weight excluding hydrogens is 364 g/mol. The van der Waals surface area contributed by atoms with Crippen molar-refractivity contribution in [3.05, 3.63) is 11.9 Å². The first kappa shape index (κ1) is 18.0. The Balaban J connectivity index is 1.12. The molecule has 7 rings (SSSR count). The van der Waals surface area contributed by atoms with E-state index in [0.717, 1.165) is 50.0 Å². The van der Waals surface area contributed by atoms with Crippen LogP contribution in [0.1, 0.15) is 69.9 Å². The summed E-state index contributed by atoms with van der Waals surface area (Å²) in [6, 6.07) is 0. The molecule has 0 spiro atoms. The minimum atomic E-state index is -0.125. The SMILES string of the molecule is O=C(Nc1ncc(C23CC4CC(CC(C4)C2)C3)[nH]1)C1CCCN(C(=O)C2CC2)C1. The van der Waals surface area contributed by atoms with Crippen LogP contribution in [0.15, 0.2) is 6.20 Å². The van der Waals surface area contributed by atoms with Crippen molar-refractivity contribution >= 4 is 17.8 Å². The molecule has 1 unspecified atom stereocenters. The Kier molecular flexibility index (Phi) is 4.07. The van der Waals surface area contributed by atoms with Crippen LogP contribution in [0.25, 0.3) is 0 Å². The molecule has 1 aromatic rings. The summed E-state index contributed by atoms with van der Waals surface area (Å²) in [5.41, 5.74) is 1.50. The van der Waals surface area contributed by atoms with Crippen molar-refractivity contribution in [2.45, 2.75) is 69.6 Å². The number of nitrogens with zero attached hydrogens (tertiary/aromatic N) is 2. The van der Waals surface area contributed by atoms with E-state index in [1.165, 1.54) is 44.2 Å². The number of piperidine rings is 1. The lowest BCUT2D eigenvalue weighted by molar-refractivity contribution is -0.135. The van der Waals surface area contributed by atoms with Crippen molar-refractivity contribution in [2.75, 3.05) is 18.4 Å². The van der Waals surface area contributed by atoms with Crippen LogP contribution < -0.4 is 5.32 Å². The van der Waals surface area contributed by atoms with Gasteiger partial charge < -0.3 is 9.88 Å². The van der Waals surface area contributed by atoms with Gasteiger partial charge in [0.15, 0.2) is 0 Å². The summed E-state index contributed by atoms with van der Waals surface area (Å²) in [6.07, 6.45) is 13.9. The first-order valence-corrected chi connectivity index (χ1v) is 11.7. The molecule has 6 heteroatoms. The minimum absolute atomic E-state index is 0.00436. The smallest absolute Gasteiger partial charge is 0.231 e. The average molecular weight is 397 g/mol. The monoisotopic (exact) mass is 396 g/mol. The Morgan fingerprint density at radius 1 is 1.03 bits per heavy atom. The van der Waals surface area contributed by atoms with Crippen LogP contribution in [-0.2, 0) is 15.0 Å². The molecule has 5 aliphatic carbocycles. The number of hydrogen-bond donors (Lipinski definition) is 2. The van der Waals surface area contributed by atoms with Gasteiger partial charge in [-0.2, -0.15) is 0 Å². The predicted molar refractivity (Wildman–Crippen MR) is 109 cm³/mol. The average Bonchev–Trinajstić information content (AvgIpc) is 3.45. The number of hydrogen-bond acceptors (Lipinski definition) is 3. The number of aromatic amines is 1. The molecule has 0 aromatic carbocycles. The van der Waals surface area contributed by atoms with Crippen LogP contribution in [0, 0.1) is 29.6 Å². The maximum atomic E-state index is 12.9. The molecule has 2 amide bonds. The molecular formula is C23H32N4O2. The van der Waals surface area contributed by atoms with Gasteiger partial charge in [0.1, 0.15) is 0 Å². The zero-order valence-corrected chi connectivity index (χ0v) is 17.2. The number of rotatable bonds is 4. The highest BCUT2D eigenvalue weighted by molar-refractivity contribution is 5.92. The highest BCUT2D eigenvalue weighted by Gasteiger charge is 2.52. The summed E-state index contributed by atoms with van der Waals surface area (Å²) in [6.45, 7) is 1.36. The Bertz CT molecular complexity index is 791. The van der Waals surface area contributed by atoms with E-state index < -0.39 is 0 Å². The zero-order chi connectivity index (χ0) is 19.6. The quantitative estimate of drug-likeness (QED) is 0.818. The number of H-pyrrole nitrogens is 1. The van der Waals surface area contributed by atoms with Crippen LogP contribution in [0.4, 0.5) is 5.95 Å². The fourth-order valence-electron chi connectivity index (χ4n) is 7.29. The summed E-state index contributed by atoms with van der Waals surface area (Å²) >= 11 is 0. The third-order valence-electron chi connectivity index (χ3n) is 8.46. The van der Waals surface area contributed by atoms with E-state index in [-0.39, 0.29) is 29.1 Å². The van der Waals surface area contributed by atoms with E-state index in [4.69, 9.17) is 0 Å². The van der Waals surface area contributed by atoms with Gasteiger partial charge in [0.05, 0.1) is 12.1 Å². The Morgan fingerprint density at radius 2 is 1.72 bits per heavy atom. The lowest BCUT2D eigenvalue weighted by atomic mass is 9.49. The zero-order valence-electron chi connectivity index (χ0n) is 17.2. The molecule has 156 valence electrons. The molecule has 1 atom stereocenters. The van der Waals surface area contributed by atoms with Gasteiger partial charge in [0.25, 0.3) is 0 Å². The summed E-state index contributed by atoms with van der Waals surface area (Å²) in [4.78, 5) is 35.2. The number of amides is 2. The van der Waals surface area contributed by atoms with E-state index in [1.807, 2.05) is 11.1 Å². The molecule has 5 saturated carbocycles. The van der Waals surface area contributed by atoms with Gasteiger partial charge in [-0.3, -0.25) is 14.9 Å². The molecule has 1 aliphatic heterocycles. The number of nitrogens with one attached hydrogen (secondary N) is 2. The highest BCUT2D eigenvalue weighted by Crippen LogP contribution is 2.60. The number of carbonyl (C=O) groups is 2. The molecule has 1 saturated heterocycles. The second-order valence-corrected chi connectivity index (χ2v) is 10.7. The van der Waals surface area contributed by atoms with Crippen LogP contribution in [-0.4, -0.2) is 39.8 Å². The van der Waals surface area contributed by atoms with Crippen molar-refractivity contribution in [1.82, 2.24) is 14.9 Å². The molecule has 6 fully saturated rings. The van der Waals surface area contributed by atoms with E-state index in [9.17, 15) is 9.59 Å². The summed E-state index contributed by atoms with van der Waals surface area (Å²) in [5, 5.41) is 3.02. The van der Waals surface area contributed by atoms with Gasteiger partial charge in [-0.25, -0.2) is 4.98 Å². The lowest BCUT2D eigenvalue weighted by Gasteiger charge is -2.56. The minimum Gasteiger partial charge on any atom is -0.342 e. The molecule has 6 aliphatic rings. The second-order valence-electron chi connectivity index (χ2n) is 10.7. The van der Waals surface area contributed by atoms with E-state index in [0.29, 0.717) is 12.5 Å². The predicted octanol–water partition coefficient (Wildman–Crippen LogP) is 3.46. The Hall–Kier alpha value is -1.85. The fraction of sp³-hybridized carbons (Fsp3) is 0.783.